The highest BCUT2D eigenvalue weighted by Crippen LogP contribution is 2.25. The van der Waals surface area contributed by atoms with Gasteiger partial charge >= 0.3 is 0 Å². The van der Waals surface area contributed by atoms with Gasteiger partial charge in [0.1, 0.15) is 5.82 Å². The van der Waals surface area contributed by atoms with Gasteiger partial charge in [0.05, 0.1) is 6.54 Å². The summed E-state index contributed by atoms with van der Waals surface area (Å²) in [7, 11) is 1.86. The van der Waals surface area contributed by atoms with Gasteiger partial charge in [-0.05, 0) is 38.1 Å². The molecule has 0 aromatic carbocycles. The summed E-state index contributed by atoms with van der Waals surface area (Å²) in [5.41, 5.74) is 0. The van der Waals surface area contributed by atoms with Crippen LogP contribution < -0.4 is 10.6 Å². The molecule has 28 heavy (non-hydrogen) atoms. The Bertz CT molecular complexity index is 593. The van der Waals surface area contributed by atoms with Crippen LogP contribution in [0, 0.1) is 5.92 Å². The normalized spacial score (nSPS) is 22.1. The van der Waals surface area contributed by atoms with Gasteiger partial charge in [0, 0.05) is 44.6 Å². The molecular formula is C21H39IN6. The average molecular weight is 502 g/mol. The molecule has 3 rings (SSSR count). The molecular weight excluding hydrogens is 463 g/mol. The van der Waals surface area contributed by atoms with Crippen molar-refractivity contribution in [3.63, 3.8) is 0 Å². The first-order valence-corrected chi connectivity index (χ1v) is 10.9. The van der Waals surface area contributed by atoms with Crippen LogP contribution in [0.4, 0.5) is 0 Å². The average Bonchev–Trinajstić information content (AvgIpc) is 3.12. The molecule has 1 aliphatic heterocycles. The minimum absolute atomic E-state index is 0. The smallest absolute Gasteiger partial charge is 0.191 e. The van der Waals surface area contributed by atoms with Crippen molar-refractivity contribution in [1.29, 1.82) is 0 Å². The molecule has 160 valence electrons. The largest absolute Gasteiger partial charge is 0.352 e. The lowest BCUT2D eigenvalue weighted by molar-refractivity contribution is 0.115. The Morgan fingerprint density at radius 2 is 2.00 bits per heavy atom. The fourth-order valence-electron chi connectivity index (χ4n) is 4.52. The number of hydrogen-bond acceptors (Lipinski definition) is 3. The predicted octanol–water partition coefficient (Wildman–Crippen LogP) is 3.62. The summed E-state index contributed by atoms with van der Waals surface area (Å²) in [5.74, 6) is 2.58. The third-order valence-corrected chi connectivity index (χ3v) is 5.89. The van der Waals surface area contributed by atoms with Crippen LogP contribution in [0.25, 0.3) is 0 Å². The maximum Gasteiger partial charge on any atom is 0.191 e. The number of rotatable bonds is 6. The van der Waals surface area contributed by atoms with Crippen molar-refractivity contribution in [2.75, 3.05) is 20.1 Å². The SMILES string of the molecule is CN=C(NCc1nccn1CC(C)C)NC1CCCN(C2CCCCC2)C1.I. The fourth-order valence-corrected chi connectivity index (χ4v) is 4.52. The molecule has 1 unspecified atom stereocenters. The first-order chi connectivity index (χ1) is 13.2. The zero-order valence-corrected chi connectivity index (χ0v) is 20.2. The molecule has 7 heteroatoms. The lowest BCUT2D eigenvalue weighted by atomic mass is 9.92. The maximum atomic E-state index is 4.50. The molecule has 0 bridgehead atoms. The van der Waals surface area contributed by atoms with Crippen molar-refractivity contribution in [1.82, 2.24) is 25.1 Å². The molecule has 0 amide bonds. The molecule has 2 heterocycles. The number of likely N-dealkylation sites (tertiary alicyclic amines) is 1. The van der Waals surface area contributed by atoms with Crippen molar-refractivity contribution in [2.24, 2.45) is 10.9 Å². The summed E-state index contributed by atoms with van der Waals surface area (Å²) >= 11 is 0. The first-order valence-electron chi connectivity index (χ1n) is 10.9. The summed E-state index contributed by atoms with van der Waals surface area (Å²) in [6, 6.07) is 1.30. The molecule has 2 fully saturated rings. The van der Waals surface area contributed by atoms with Gasteiger partial charge in [-0.15, -0.1) is 24.0 Å². The number of hydrogen-bond donors (Lipinski definition) is 2. The van der Waals surface area contributed by atoms with E-state index in [1.54, 1.807) is 0 Å². The van der Waals surface area contributed by atoms with Gasteiger partial charge in [-0.3, -0.25) is 9.89 Å². The summed E-state index contributed by atoms with van der Waals surface area (Å²) in [5, 5.41) is 7.12. The van der Waals surface area contributed by atoms with Crippen molar-refractivity contribution in [2.45, 2.75) is 84.0 Å². The molecule has 0 spiro atoms. The minimum atomic E-state index is 0. The zero-order chi connectivity index (χ0) is 19.1. The summed E-state index contributed by atoms with van der Waals surface area (Å²) in [6.45, 7) is 8.59. The number of guanidine groups is 1. The molecule has 1 aromatic heterocycles. The highest BCUT2D eigenvalue weighted by molar-refractivity contribution is 14.0. The molecule has 0 radical (unpaired) electrons. The fraction of sp³-hybridized carbons (Fsp3) is 0.810. The molecule has 6 nitrogen and oxygen atoms in total. The molecule has 2 N–H and O–H groups in total. The second kappa shape index (κ2) is 12.0. The Morgan fingerprint density at radius 1 is 1.21 bits per heavy atom. The number of halogens is 1. The van der Waals surface area contributed by atoms with Crippen molar-refractivity contribution >= 4 is 29.9 Å². The molecule has 2 aliphatic rings. The second-order valence-electron chi connectivity index (χ2n) is 8.59. The van der Waals surface area contributed by atoms with Gasteiger partial charge < -0.3 is 15.2 Å². The highest BCUT2D eigenvalue weighted by atomic mass is 127. The Balaban J connectivity index is 0.00000280. The summed E-state index contributed by atoms with van der Waals surface area (Å²) in [6.07, 6.45) is 13.5. The van der Waals surface area contributed by atoms with Gasteiger partial charge in [-0.2, -0.15) is 0 Å². The van der Waals surface area contributed by atoms with Gasteiger partial charge in [-0.1, -0.05) is 33.1 Å². The Morgan fingerprint density at radius 3 is 2.71 bits per heavy atom. The van der Waals surface area contributed by atoms with Crippen LogP contribution in [0.1, 0.15) is 64.6 Å². The minimum Gasteiger partial charge on any atom is -0.352 e. The molecule has 1 saturated carbocycles. The molecule has 1 aliphatic carbocycles. The van der Waals surface area contributed by atoms with E-state index in [0.29, 0.717) is 18.5 Å². The Kier molecular flexibility index (Phi) is 10.0. The van der Waals surface area contributed by atoms with Gasteiger partial charge in [0.25, 0.3) is 0 Å². The van der Waals surface area contributed by atoms with Crippen LogP contribution in [-0.2, 0) is 13.1 Å². The summed E-state index contributed by atoms with van der Waals surface area (Å²) in [4.78, 5) is 11.7. The number of aromatic nitrogens is 2. The Hall–Kier alpha value is -0.830. The van der Waals surface area contributed by atoms with E-state index in [1.165, 1.54) is 51.5 Å². The third-order valence-electron chi connectivity index (χ3n) is 5.89. The van der Waals surface area contributed by atoms with Gasteiger partial charge in [0.2, 0.25) is 0 Å². The van der Waals surface area contributed by atoms with E-state index >= 15 is 0 Å². The van der Waals surface area contributed by atoms with E-state index in [2.05, 4.69) is 50.1 Å². The van der Waals surface area contributed by atoms with Crippen LogP contribution in [0.3, 0.4) is 0 Å². The predicted molar refractivity (Wildman–Crippen MR) is 127 cm³/mol. The van der Waals surface area contributed by atoms with Crippen LogP contribution >= 0.6 is 24.0 Å². The second-order valence-corrected chi connectivity index (χ2v) is 8.59. The molecule has 1 saturated heterocycles. The number of piperidine rings is 1. The van der Waals surface area contributed by atoms with Crippen molar-refractivity contribution in [3.05, 3.63) is 18.2 Å². The lowest BCUT2D eigenvalue weighted by Gasteiger charge is -2.40. The van der Waals surface area contributed by atoms with Gasteiger partial charge in [-0.25, -0.2) is 4.98 Å². The van der Waals surface area contributed by atoms with E-state index in [1.807, 2.05) is 13.2 Å². The zero-order valence-electron chi connectivity index (χ0n) is 17.9. The van der Waals surface area contributed by atoms with E-state index < -0.39 is 0 Å². The van der Waals surface area contributed by atoms with Crippen LogP contribution in [0.5, 0.6) is 0 Å². The monoisotopic (exact) mass is 502 g/mol. The standard InChI is InChI=1S/C21H38N6.HI/c1-17(2)15-27-13-11-23-20(27)14-24-21(22-3)25-18-8-7-12-26(16-18)19-9-5-4-6-10-19;/h11,13,17-19H,4-10,12,14-16H2,1-3H3,(H2,22,24,25);1H. The van der Waals surface area contributed by atoms with Crippen molar-refractivity contribution < 1.29 is 0 Å². The van der Waals surface area contributed by atoms with E-state index in [0.717, 1.165) is 30.9 Å². The van der Waals surface area contributed by atoms with E-state index in [4.69, 9.17) is 0 Å². The van der Waals surface area contributed by atoms with E-state index in [-0.39, 0.29) is 24.0 Å². The van der Waals surface area contributed by atoms with Gasteiger partial charge in [0.15, 0.2) is 5.96 Å². The number of nitrogens with one attached hydrogen (secondary N) is 2. The van der Waals surface area contributed by atoms with Crippen LogP contribution in [0.15, 0.2) is 17.4 Å². The quantitative estimate of drug-likeness (QED) is 0.355. The maximum absolute atomic E-state index is 4.50. The topological polar surface area (TPSA) is 57.5 Å². The number of nitrogens with zero attached hydrogens (tertiary/aromatic N) is 4. The van der Waals surface area contributed by atoms with Crippen LogP contribution in [0.2, 0.25) is 0 Å². The lowest BCUT2D eigenvalue weighted by Crippen LogP contribution is -2.53. The van der Waals surface area contributed by atoms with Crippen molar-refractivity contribution in [3.8, 4) is 0 Å². The highest BCUT2D eigenvalue weighted by Gasteiger charge is 2.27. The molecule has 1 aromatic rings. The number of imidazole rings is 1. The number of aliphatic imine (C=N–C) groups is 1. The van der Waals surface area contributed by atoms with Crippen LogP contribution in [-0.4, -0.2) is 52.6 Å². The first kappa shape index (κ1) is 23.4. The Labute approximate surface area is 188 Å². The van der Waals surface area contributed by atoms with E-state index in [9.17, 15) is 0 Å². The molecule has 1 atom stereocenters. The third kappa shape index (κ3) is 6.90. The summed E-state index contributed by atoms with van der Waals surface area (Å²) < 4.78 is 2.23.